The smallest absolute Gasteiger partial charge is 0.248 e. The third-order valence-corrected chi connectivity index (χ3v) is 5.23. The summed E-state index contributed by atoms with van der Waals surface area (Å²) in [6.07, 6.45) is 3.66. The Morgan fingerprint density at radius 1 is 1.32 bits per heavy atom. The van der Waals surface area contributed by atoms with Crippen molar-refractivity contribution in [3.8, 4) is 0 Å². The number of carbonyl (C=O) groups is 1. The molecule has 0 fully saturated rings. The third kappa shape index (κ3) is 3.82. The summed E-state index contributed by atoms with van der Waals surface area (Å²) < 4.78 is 4.52. The average molecular weight is 402 g/mol. The zero-order valence-corrected chi connectivity index (χ0v) is 16.0. The molecule has 0 saturated heterocycles. The van der Waals surface area contributed by atoms with Crippen molar-refractivity contribution in [2.24, 2.45) is 0 Å². The summed E-state index contributed by atoms with van der Waals surface area (Å²) in [4.78, 5) is 12.6. The quantitative estimate of drug-likeness (QED) is 0.708. The van der Waals surface area contributed by atoms with E-state index in [1.54, 1.807) is 10.9 Å². The zero-order chi connectivity index (χ0) is 18.0. The second kappa shape index (κ2) is 7.23. The van der Waals surface area contributed by atoms with E-state index in [4.69, 9.17) is 0 Å². The molecule has 1 amide bonds. The normalized spacial score (nSPS) is 12.2. The summed E-state index contributed by atoms with van der Waals surface area (Å²) in [5.41, 5.74) is 3.65. The van der Waals surface area contributed by atoms with Crippen molar-refractivity contribution in [3.63, 3.8) is 0 Å². The molecule has 0 radical (unpaired) electrons. The Kier molecular flexibility index (Phi) is 5.03. The third-order valence-electron chi connectivity index (χ3n) is 4.08. The Morgan fingerprint density at radius 2 is 2.12 bits per heavy atom. The van der Waals surface area contributed by atoms with Crippen LogP contribution in [0.15, 0.2) is 47.2 Å². The maximum absolute atomic E-state index is 12.6. The lowest BCUT2D eigenvalue weighted by Crippen LogP contribution is -2.25. The Labute approximate surface area is 155 Å². The van der Waals surface area contributed by atoms with Crippen LogP contribution in [0.2, 0.25) is 0 Å². The van der Waals surface area contributed by atoms with Crippen LogP contribution in [-0.2, 0) is 11.3 Å². The molecule has 6 nitrogen and oxygen atoms in total. The van der Waals surface area contributed by atoms with Crippen molar-refractivity contribution in [2.45, 2.75) is 33.4 Å². The Balaban J connectivity index is 1.73. The van der Waals surface area contributed by atoms with Crippen LogP contribution < -0.4 is 5.32 Å². The molecule has 1 atom stereocenters. The molecule has 7 heteroatoms. The summed E-state index contributed by atoms with van der Waals surface area (Å²) in [7, 11) is 0. The fourth-order valence-corrected chi connectivity index (χ4v) is 2.97. The molecular weight excluding hydrogens is 382 g/mol. The number of amides is 1. The number of nitrogens with one attached hydrogen (secondary N) is 1. The number of aromatic nitrogens is 4. The van der Waals surface area contributed by atoms with E-state index in [0.29, 0.717) is 6.54 Å². The number of rotatable bonds is 5. The van der Waals surface area contributed by atoms with E-state index in [2.05, 4.69) is 31.4 Å². The predicted octanol–water partition coefficient (Wildman–Crippen LogP) is 3.71. The van der Waals surface area contributed by atoms with Gasteiger partial charge < -0.3 is 5.32 Å². The van der Waals surface area contributed by atoms with Gasteiger partial charge in [0.05, 0.1) is 22.4 Å². The second-order valence-corrected chi connectivity index (χ2v) is 6.79. The molecule has 1 N–H and O–H groups in total. The number of carbonyl (C=O) groups excluding carboxylic acids is 1. The van der Waals surface area contributed by atoms with E-state index in [0.717, 1.165) is 27.1 Å². The minimum absolute atomic E-state index is 0.102. The molecule has 3 rings (SSSR count). The summed E-state index contributed by atoms with van der Waals surface area (Å²) in [6.45, 7) is 6.36. The van der Waals surface area contributed by atoms with Crippen LogP contribution in [0.5, 0.6) is 0 Å². The topological polar surface area (TPSA) is 64.7 Å². The number of halogens is 1. The summed E-state index contributed by atoms with van der Waals surface area (Å²) >= 11 is 3.50. The van der Waals surface area contributed by atoms with Gasteiger partial charge in [0, 0.05) is 18.1 Å². The average Bonchev–Trinajstić information content (AvgIpc) is 3.18. The van der Waals surface area contributed by atoms with Gasteiger partial charge in [0.1, 0.15) is 6.04 Å². The molecular formula is C18H20BrN5O. The van der Waals surface area contributed by atoms with Gasteiger partial charge in [-0.3, -0.25) is 14.2 Å². The van der Waals surface area contributed by atoms with Crippen LogP contribution in [0.3, 0.4) is 0 Å². The van der Waals surface area contributed by atoms with Crippen molar-refractivity contribution in [1.82, 2.24) is 19.6 Å². The molecule has 2 heterocycles. The molecule has 0 bridgehead atoms. The zero-order valence-electron chi connectivity index (χ0n) is 14.4. The number of benzene rings is 1. The summed E-state index contributed by atoms with van der Waals surface area (Å²) in [6, 6.07) is 9.27. The molecule has 130 valence electrons. The highest BCUT2D eigenvalue weighted by atomic mass is 79.9. The van der Waals surface area contributed by atoms with E-state index >= 15 is 0 Å². The predicted molar refractivity (Wildman–Crippen MR) is 101 cm³/mol. The van der Waals surface area contributed by atoms with Gasteiger partial charge in [-0.25, -0.2) is 0 Å². The highest BCUT2D eigenvalue weighted by molar-refractivity contribution is 9.10. The largest absolute Gasteiger partial charge is 0.324 e. The minimum Gasteiger partial charge on any atom is -0.324 e. The second-order valence-electron chi connectivity index (χ2n) is 6.00. The van der Waals surface area contributed by atoms with Crippen LogP contribution in [0.25, 0.3) is 0 Å². The van der Waals surface area contributed by atoms with Gasteiger partial charge >= 0.3 is 0 Å². The van der Waals surface area contributed by atoms with Gasteiger partial charge in [-0.05, 0) is 60.5 Å². The number of aryl methyl sites for hydroxylation is 1. The maximum atomic E-state index is 12.6. The van der Waals surface area contributed by atoms with E-state index in [1.807, 2.05) is 62.0 Å². The first-order valence-corrected chi connectivity index (χ1v) is 8.83. The lowest BCUT2D eigenvalue weighted by molar-refractivity contribution is -0.119. The number of hydrogen-bond acceptors (Lipinski definition) is 3. The maximum Gasteiger partial charge on any atom is 0.248 e. The standard InChI is InChI=1S/C18H20BrN5O/c1-12-17(19)13(2)24(22-12)14(3)18(25)21-16-7-4-6-15(10-16)11-23-9-5-8-20-23/h4-10,14H,11H2,1-3H3,(H,21,25). The molecule has 3 aromatic rings. The van der Waals surface area contributed by atoms with E-state index in [-0.39, 0.29) is 5.91 Å². The highest BCUT2D eigenvalue weighted by Crippen LogP contribution is 2.23. The SMILES string of the molecule is Cc1nn(C(C)C(=O)Nc2cccc(Cn3cccn3)c2)c(C)c1Br. The van der Waals surface area contributed by atoms with Gasteiger partial charge in [-0.2, -0.15) is 10.2 Å². The van der Waals surface area contributed by atoms with Gasteiger partial charge in [-0.1, -0.05) is 12.1 Å². The molecule has 0 aliphatic carbocycles. The van der Waals surface area contributed by atoms with Crippen LogP contribution in [-0.4, -0.2) is 25.5 Å². The number of anilines is 1. The Morgan fingerprint density at radius 3 is 2.76 bits per heavy atom. The first-order chi connectivity index (χ1) is 12.0. The lowest BCUT2D eigenvalue weighted by atomic mass is 10.2. The fraction of sp³-hybridized carbons (Fsp3) is 0.278. The molecule has 1 aromatic carbocycles. The van der Waals surface area contributed by atoms with Gasteiger partial charge in [0.25, 0.3) is 0 Å². The Bertz CT molecular complexity index is 885. The van der Waals surface area contributed by atoms with Gasteiger partial charge in [0.2, 0.25) is 5.91 Å². The monoisotopic (exact) mass is 401 g/mol. The number of nitrogens with zero attached hydrogens (tertiary/aromatic N) is 4. The fourth-order valence-electron chi connectivity index (χ4n) is 2.71. The lowest BCUT2D eigenvalue weighted by Gasteiger charge is -2.15. The molecule has 25 heavy (non-hydrogen) atoms. The van der Waals surface area contributed by atoms with Crippen molar-refractivity contribution in [1.29, 1.82) is 0 Å². The molecule has 0 aliphatic rings. The Hall–Kier alpha value is -2.41. The van der Waals surface area contributed by atoms with Crippen LogP contribution in [0.1, 0.15) is 29.9 Å². The molecule has 0 spiro atoms. The number of hydrogen-bond donors (Lipinski definition) is 1. The van der Waals surface area contributed by atoms with E-state index in [9.17, 15) is 4.79 Å². The molecule has 0 aliphatic heterocycles. The van der Waals surface area contributed by atoms with Crippen molar-refractivity contribution >= 4 is 27.5 Å². The van der Waals surface area contributed by atoms with Crippen LogP contribution in [0, 0.1) is 13.8 Å². The summed E-state index contributed by atoms with van der Waals surface area (Å²) in [5, 5.41) is 11.6. The van der Waals surface area contributed by atoms with Gasteiger partial charge in [-0.15, -0.1) is 0 Å². The van der Waals surface area contributed by atoms with E-state index in [1.165, 1.54) is 0 Å². The van der Waals surface area contributed by atoms with Crippen molar-refractivity contribution in [2.75, 3.05) is 5.32 Å². The van der Waals surface area contributed by atoms with Crippen LogP contribution >= 0.6 is 15.9 Å². The first kappa shape index (κ1) is 17.4. The van der Waals surface area contributed by atoms with Crippen LogP contribution in [0.4, 0.5) is 5.69 Å². The van der Waals surface area contributed by atoms with E-state index < -0.39 is 6.04 Å². The van der Waals surface area contributed by atoms with Crippen molar-refractivity contribution < 1.29 is 4.79 Å². The molecule has 2 aromatic heterocycles. The minimum atomic E-state index is -0.403. The summed E-state index contributed by atoms with van der Waals surface area (Å²) in [5.74, 6) is -0.102. The first-order valence-electron chi connectivity index (χ1n) is 8.04. The molecule has 0 saturated carbocycles. The van der Waals surface area contributed by atoms with Crippen molar-refractivity contribution in [3.05, 3.63) is 64.1 Å². The highest BCUT2D eigenvalue weighted by Gasteiger charge is 2.20. The molecule has 1 unspecified atom stereocenters. The van der Waals surface area contributed by atoms with Gasteiger partial charge in [0.15, 0.2) is 0 Å².